The maximum Gasteiger partial charge on any atom is 0.333 e. The number of hydrogen-bond acceptors (Lipinski definition) is 7. The fourth-order valence-electron chi connectivity index (χ4n) is 3.60. The minimum Gasteiger partial charge on any atom is -0.454 e. The molecule has 1 unspecified atom stereocenters. The summed E-state index contributed by atoms with van der Waals surface area (Å²) in [7, 11) is -4.12. The van der Waals surface area contributed by atoms with Crippen molar-refractivity contribution >= 4 is 31.2 Å². The van der Waals surface area contributed by atoms with E-state index in [1.807, 2.05) is 0 Å². The van der Waals surface area contributed by atoms with Crippen molar-refractivity contribution in [3.05, 3.63) is 12.2 Å². The summed E-state index contributed by atoms with van der Waals surface area (Å²) in [4.78, 5) is 11.9. The van der Waals surface area contributed by atoms with E-state index in [1.54, 1.807) is 14.0 Å². The average molecular weight is 523 g/mol. The van der Waals surface area contributed by atoms with Crippen LogP contribution < -0.4 is 0 Å². The largest absolute Gasteiger partial charge is 0.454 e. The predicted molar refractivity (Wildman–Crippen MR) is 142 cm³/mol. The third-order valence-electron chi connectivity index (χ3n) is 4.91. The second-order valence-electron chi connectivity index (χ2n) is 10.3. The van der Waals surface area contributed by atoms with Crippen LogP contribution in [0.2, 0.25) is 51.4 Å². The van der Waals surface area contributed by atoms with E-state index in [4.69, 9.17) is 27.2 Å². The van der Waals surface area contributed by atoms with Crippen LogP contribution in [0.3, 0.4) is 0 Å². The lowest BCUT2D eigenvalue weighted by molar-refractivity contribution is -0.151. The highest BCUT2D eigenvalue weighted by Gasteiger charge is 2.39. The van der Waals surface area contributed by atoms with E-state index >= 15 is 0 Å². The van der Waals surface area contributed by atoms with Gasteiger partial charge in [-0.25, -0.2) is 4.79 Å². The van der Waals surface area contributed by atoms with Crippen LogP contribution in [0.4, 0.5) is 0 Å². The Balaban J connectivity index is 4.49. The highest BCUT2D eigenvalue weighted by molar-refractivity contribution is 6.87. The molecule has 7 nitrogen and oxygen atoms in total. The summed E-state index contributed by atoms with van der Waals surface area (Å²) >= 11 is 0. The third kappa shape index (κ3) is 17.7. The van der Waals surface area contributed by atoms with Gasteiger partial charge in [0.1, 0.15) is 6.10 Å². The van der Waals surface area contributed by atoms with Gasteiger partial charge in [-0.15, -0.1) is 0 Å². The SMILES string of the molecule is C=C(C)C(=O)OC(COCCC[Si](C)(C)O[Si](C)(C)O[Si](C)(C)CCCC)COCCOC. The molecule has 0 amide bonds. The molecule has 0 aromatic rings. The van der Waals surface area contributed by atoms with Gasteiger partial charge in [0.2, 0.25) is 0 Å². The van der Waals surface area contributed by atoms with Gasteiger partial charge in [0, 0.05) is 19.3 Å². The van der Waals surface area contributed by atoms with Gasteiger partial charge in [-0.2, -0.15) is 0 Å². The number of methoxy groups -OCH3 is 1. The van der Waals surface area contributed by atoms with Crippen molar-refractivity contribution in [3.63, 3.8) is 0 Å². The first-order valence-corrected chi connectivity index (χ1v) is 21.2. The summed E-state index contributed by atoms with van der Waals surface area (Å²) in [6.07, 6.45) is 2.85. The van der Waals surface area contributed by atoms with Crippen LogP contribution in [0.1, 0.15) is 33.1 Å². The van der Waals surface area contributed by atoms with Crippen LogP contribution in [0.25, 0.3) is 0 Å². The second-order valence-corrected chi connectivity index (χ2v) is 22.8. The Morgan fingerprint density at radius 2 is 1.36 bits per heavy atom. The lowest BCUT2D eigenvalue weighted by atomic mass is 10.3. The van der Waals surface area contributed by atoms with E-state index in [0.29, 0.717) is 25.4 Å². The number of carbonyl (C=O) groups is 1. The molecular formula is C23H50O7Si3. The van der Waals surface area contributed by atoms with E-state index in [0.717, 1.165) is 12.5 Å². The Kier molecular flexibility index (Phi) is 16.2. The molecule has 0 aliphatic heterocycles. The molecule has 0 aromatic carbocycles. The fraction of sp³-hybridized carbons (Fsp3) is 0.870. The van der Waals surface area contributed by atoms with Crippen molar-refractivity contribution in [2.45, 2.75) is 90.6 Å². The van der Waals surface area contributed by atoms with Gasteiger partial charge < -0.3 is 27.2 Å². The molecule has 0 aliphatic carbocycles. The average Bonchev–Trinajstić information content (AvgIpc) is 2.67. The molecule has 0 aliphatic rings. The number of unbranched alkanes of at least 4 members (excludes halogenated alkanes) is 1. The molecular weight excluding hydrogens is 473 g/mol. The minimum absolute atomic E-state index is 0.264. The second kappa shape index (κ2) is 16.4. The van der Waals surface area contributed by atoms with E-state index in [9.17, 15) is 4.79 Å². The van der Waals surface area contributed by atoms with Gasteiger partial charge in [0.05, 0.1) is 26.4 Å². The van der Waals surface area contributed by atoms with Gasteiger partial charge in [0.25, 0.3) is 0 Å². The van der Waals surface area contributed by atoms with E-state index in [1.165, 1.54) is 18.9 Å². The van der Waals surface area contributed by atoms with Gasteiger partial charge in [-0.3, -0.25) is 0 Å². The normalized spacial score (nSPS) is 13.7. The smallest absolute Gasteiger partial charge is 0.333 e. The van der Waals surface area contributed by atoms with E-state index in [2.05, 4.69) is 52.8 Å². The van der Waals surface area contributed by atoms with Crippen LogP contribution in [0.5, 0.6) is 0 Å². The van der Waals surface area contributed by atoms with Crippen molar-refractivity contribution in [2.75, 3.05) is 40.1 Å². The Hall–Kier alpha value is -0.339. The number of esters is 1. The highest BCUT2D eigenvalue weighted by Crippen LogP contribution is 2.26. The first-order valence-electron chi connectivity index (χ1n) is 12.1. The quantitative estimate of drug-likeness (QED) is 0.0906. The molecule has 0 bridgehead atoms. The summed E-state index contributed by atoms with van der Waals surface area (Å²) in [5.74, 6) is -0.432. The highest BCUT2D eigenvalue weighted by atomic mass is 28.5. The summed E-state index contributed by atoms with van der Waals surface area (Å²) in [5, 5.41) is 0. The number of rotatable bonds is 20. The molecule has 0 radical (unpaired) electrons. The van der Waals surface area contributed by atoms with Crippen molar-refractivity contribution in [1.82, 2.24) is 0 Å². The van der Waals surface area contributed by atoms with E-state index < -0.39 is 37.3 Å². The van der Waals surface area contributed by atoms with Crippen molar-refractivity contribution < 1.29 is 32.0 Å². The van der Waals surface area contributed by atoms with Crippen LogP contribution in [-0.2, 0) is 32.0 Å². The topological polar surface area (TPSA) is 72.5 Å². The molecule has 0 spiro atoms. The van der Waals surface area contributed by atoms with Crippen molar-refractivity contribution in [2.24, 2.45) is 0 Å². The fourth-order valence-corrected chi connectivity index (χ4v) is 17.8. The Morgan fingerprint density at radius 1 is 0.848 bits per heavy atom. The van der Waals surface area contributed by atoms with Gasteiger partial charge >= 0.3 is 14.5 Å². The maximum absolute atomic E-state index is 11.9. The molecule has 0 N–H and O–H groups in total. The Bertz CT molecular complexity index is 568. The zero-order valence-corrected chi connectivity index (χ0v) is 25.7. The molecule has 0 rings (SSSR count). The Morgan fingerprint density at radius 3 is 1.85 bits per heavy atom. The molecule has 1 atom stereocenters. The number of hydrogen-bond donors (Lipinski definition) is 0. The van der Waals surface area contributed by atoms with Crippen LogP contribution in [-0.4, -0.2) is 77.4 Å². The molecule has 0 fully saturated rings. The zero-order chi connectivity index (χ0) is 25.5. The number of carbonyl (C=O) groups excluding carboxylic acids is 1. The zero-order valence-electron chi connectivity index (χ0n) is 22.7. The van der Waals surface area contributed by atoms with Crippen LogP contribution in [0, 0.1) is 0 Å². The maximum atomic E-state index is 11.9. The lowest BCUT2D eigenvalue weighted by Gasteiger charge is -2.38. The lowest BCUT2D eigenvalue weighted by Crippen LogP contribution is -2.52. The first kappa shape index (κ1) is 32.7. The molecule has 0 heterocycles. The van der Waals surface area contributed by atoms with Gasteiger partial charge in [-0.05, 0) is 64.7 Å². The molecule has 0 saturated heterocycles. The molecule has 0 saturated carbocycles. The number of ether oxygens (including phenoxy) is 4. The minimum atomic E-state index is -2.17. The summed E-state index contributed by atoms with van der Waals surface area (Å²) in [6.45, 7) is 23.0. The standard InChI is InChI=1S/C23H50O7Si3/c1-11-12-17-31(5,6)29-33(9,10)30-32(7,8)18-13-14-26-19-22(20-27-16-15-25-4)28-23(24)21(2)3/h22H,2,11-20H2,1,3-10H3. The Labute approximate surface area is 206 Å². The monoisotopic (exact) mass is 522 g/mol. The summed E-state index contributed by atoms with van der Waals surface area (Å²) in [6, 6.07) is 2.18. The molecule has 33 heavy (non-hydrogen) atoms. The van der Waals surface area contributed by atoms with Crippen molar-refractivity contribution in [3.8, 4) is 0 Å². The first-order chi connectivity index (χ1) is 15.2. The van der Waals surface area contributed by atoms with Gasteiger partial charge in [0.15, 0.2) is 16.6 Å². The summed E-state index contributed by atoms with van der Waals surface area (Å²) < 4.78 is 35.0. The van der Waals surface area contributed by atoms with Crippen LogP contribution in [0.15, 0.2) is 12.2 Å². The molecule has 0 aromatic heterocycles. The molecule has 196 valence electrons. The third-order valence-corrected chi connectivity index (χ3v) is 16.4. The summed E-state index contributed by atoms with van der Waals surface area (Å²) in [5.41, 5.74) is 0.358. The van der Waals surface area contributed by atoms with Crippen molar-refractivity contribution in [1.29, 1.82) is 0 Å². The molecule has 10 heteroatoms. The van der Waals surface area contributed by atoms with E-state index in [-0.39, 0.29) is 13.2 Å². The predicted octanol–water partition coefficient (Wildman–Crippen LogP) is 5.49. The van der Waals surface area contributed by atoms with Crippen LogP contribution >= 0.6 is 0 Å². The van der Waals surface area contributed by atoms with Gasteiger partial charge in [-0.1, -0.05) is 26.3 Å².